The summed E-state index contributed by atoms with van der Waals surface area (Å²) in [4.78, 5) is 0. The molecule has 0 fully saturated rings. The van der Waals surface area contributed by atoms with E-state index in [4.69, 9.17) is 8.85 Å². The molecule has 0 bridgehead atoms. The molecule has 0 N–H and O–H groups in total. The predicted molar refractivity (Wildman–Crippen MR) is 130 cm³/mol. The summed E-state index contributed by atoms with van der Waals surface area (Å²) >= 11 is 0. The quantitative estimate of drug-likeness (QED) is 0.284. The van der Waals surface area contributed by atoms with Gasteiger partial charge in [-0.05, 0) is 47.4 Å². The lowest BCUT2D eigenvalue weighted by Crippen LogP contribution is -2.54. The molecule has 0 aromatic heterocycles. The maximum atomic E-state index is 6.65. The summed E-state index contributed by atoms with van der Waals surface area (Å²) in [6.45, 7) is 15.5. The molecule has 1 rings (SSSR count). The van der Waals surface area contributed by atoms with Crippen molar-refractivity contribution in [1.29, 1.82) is 0 Å². The van der Waals surface area contributed by atoms with Crippen LogP contribution in [0, 0.1) is 0 Å². The van der Waals surface area contributed by atoms with Crippen molar-refractivity contribution in [3.05, 3.63) is 24.3 Å². The third kappa shape index (κ3) is 6.82. The summed E-state index contributed by atoms with van der Waals surface area (Å²) in [5.41, 5.74) is 0. The van der Waals surface area contributed by atoms with Gasteiger partial charge in [0.1, 0.15) is 0 Å². The van der Waals surface area contributed by atoms with Gasteiger partial charge in [-0.1, -0.05) is 91.5 Å². The van der Waals surface area contributed by atoms with Gasteiger partial charge in [0.25, 0.3) is 0 Å². The summed E-state index contributed by atoms with van der Waals surface area (Å²) in [5, 5.41) is 3.00. The zero-order chi connectivity index (χ0) is 20.9. The first-order valence-electron chi connectivity index (χ1n) is 12.0. The molecule has 0 radical (unpaired) electrons. The second-order valence-electron chi connectivity index (χ2n) is 8.26. The highest BCUT2D eigenvalue weighted by molar-refractivity contribution is 6.88. The first-order chi connectivity index (χ1) is 13.6. The molecule has 28 heavy (non-hydrogen) atoms. The molecule has 0 heterocycles. The lowest BCUT2D eigenvalue weighted by atomic mass is 10.4. The van der Waals surface area contributed by atoms with Gasteiger partial charge >= 0.3 is 0 Å². The van der Waals surface area contributed by atoms with Crippen LogP contribution in [0.4, 0.5) is 0 Å². The molecule has 0 aliphatic carbocycles. The van der Waals surface area contributed by atoms with E-state index in [1.165, 1.54) is 60.2 Å². The average Bonchev–Trinajstić information content (AvgIpc) is 2.71. The molecule has 0 unspecified atom stereocenters. The van der Waals surface area contributed by atoms with E-state index >= 15 is 0 Å². The molecule has 0 aliphatic rings. The van der Waals surface area contributed by atoms with Crippen LogP contribution in [0.2, 0.25) is 24.2 Å². The monoisotopic (exact) mass is 422 g/mol. The Balaban J connectivity index is 3.27. The lowest BCUT2D eigenvalue weighted by molar-refractivity contribution is 0.304. The normalized spacial score (nSPS) is 12.5. The highest BCUT2D eigenvalue weighted by Crippen LogP contribution is 2.24. The fourth-order valence-electron chi connectivity index (χ4n) is 4.57. The molecule has 0 saturated carbocycles. The zero-order valence-corrected chi connectivity index (χ0v) is 21.6. The van der Waals surface area contributed by atoms with Crippen LogP contribution in [-0.2, 0) is 8.85 Å². The Morgan fingerprint density at radius 3 is 1.00 bits per heavy atom. The largest absolute Gasteiger partial charge is 0.412 e. The van der Waals surface area contributed by atoms with Crippen molar-refractivity contribution in [1.82, 2.24) is 0 Å². The minimum absolute atomic E-state index is 0.901. The second-order valence-corrected chi connectivity index (χ2v) is 16.0. The van der Waals surface area contributed by atoms with E-state index in [1.807, 2.05) is 0 Å². The minimum Gasteiger partial charge on any atom is -0.412 e. The molecule has 0 amide bonds. The highest BCUT2D eigenvalue weighted by atomic mass is 28.4. The molecule has 162 valence electrons. The third-order valence-corrected chi connectivity index (χ3v) is 15.2. The van der Waals surface area contributed by atoms with Gasteiger partial charge in [0.2, 0.25) is 16.6 Å². The van der Waals surface area contributed by atoms with E-state index in [-0.39, 0.29) is 0 Å². The van der Waals surface area contributed by atoms with Gasteiger partial charge in [-0.3, -0.25) is 0 Å². The Labute approximate surface area is 177 Å². The molecular formula is C24H46O2Si2. The first-order valence-corrected chi connectivity index (χ1v) is 16.6. The maximum absolute atomic E-state index is 6.65. The summed E-state index contributed by atoms with van der Waals surface area (Å²) in [6, 6.07) is 14.6. The van der Waals surface area contributed by atoms with Gasteiger partial charge in [0.15, 0.2) is 0 Å². The smallest absolute Gasteiger partial charge is 0.224 e. The van der Waals surface area contributed by atoms with Crippen LogP contribution in [0.25, 0.3) is 0 Å². The Morgan fingerprint density at radius 1 is 0.500 bits per heavy atom. The van der Waals surface area contributed by atoms with Crippen molar-refractivity contribution in [3.63, 3.8) is 0 Å². The van der Waals surface area contributed by atoms with E-state index in [1.54, 1.807) is 0 Å². The first kappa shape index (κ1) is 25.6. The lowest BCUT2D eigenvalue weighted by Gasteiger charge is -2.34. The molecule has 4 heteroatoms. The van der Waals surface area contributed by atoms with Gasteiger partial charge < -0.3 is 8.85 Å². The summed E-state index contributed by atoms with van der Waals surface area (Å²) < 4.78 is 13.3. The molecule has 0 aliphatic heterocycles. The third-order valence-electron chi connectivity index (χ3n) is 5.72. The van der Waals surface area contributed by atoms with Crippen molar-refractivity contribution < 1.29 is 8.85 Å². The van der Waals surface area contributed by atoms with E-state index in [9.17, 15) is 0 Å². The van der Waals surface area contributed by atoms with E-state index in [2.05, 4.69) is 65.8 Å². The molecule has 0 atom stereocenters. The van der Waals surface area contributed by atoms with Crippen molar-refractivity contribution in [2.45, 2.75) is 104 Å². The Kier molecular flexibility index (Phi) is 12.6. The zero-order valence-electron chi connectivity index (χ0n) is 19.6. The fourth-order valence-corrected chi connectivity index (χ4v) is 13.1. The average molecular weight is 423 g/mol. The number of hydrogen-bond acceptors (Lipinski definition) is 2. The Hall–Kier alpha value is -0.426. The topological polar surface area (TPSA) is 18.5 Å². The summed E-state index contributed by atoms with van der Waals surface area (Å²) in [6.07, 6.45) is 7.05. The van der Waals surface area contributed by atoms with Crippen LogP contribution < -0.4 is 10.4 Å². The van der Waals surface area contributed by atoms with Crippen LogP contribution >= 0.6 is 0 Å². The number of rotatable bonds is 16. The molecule has 0 spiro atoms. The SMILES string of the molecule is CCCO[Si](CCC)(CCC)c1ccc([Si](CCC)(CCC)OCCC)cc1. The Bertz CT molecular complexity index is 457. The van der Waals surface area contributed by atoms with Crippen LogP contribution in [0.5, 0.6) is 0 Å². The summed E-state index contributed by atoms with van der Waals surface area (Å²) in [7, 11) is -3.72. The van der Waals surface area contributed by atoms with Crippen LogP contribution in [0.3, 0.4) is 0 Å². The molecular weight excluding hydrogens is 376 g/mol. The molecule has 0 saturated heterocycles. The Morgan fingerprint density at radius 2 is 0.786 bits per heavy atom. The van der Waals surface area contributed by atoms with Crippen LogP contribution in [0.1, 0.15) is 80.1 Å². The second kappa shape index (κ2) is 13.7. The van der Waals surface area contributed by atoms with Gasteiger partial charge in [-0.2, -0.15) is 0 Å². The summed E-state index contributed by atoms with van der Waals surface area (Å²) in [5.74, 6) is 0. The van der Waals surface area contributed by atoms with E-state index < -0.39 is 16.6 Å². The number of benzene rings is 1. The minimum atomic E-state index is -1.86. The standard InChI is InChI=1S/C24H46O2Si2/c1-7-17-25-27(19-9-3,20-10-4)23-13-15-24(16-14-23)28(21-11-5,22-12-6)26-18-8-2/h13-16H,7-12,17-22H2,1-6H3. The van der Waals surface area contributed by atoms with Gasteiger partial charge in [-0.25, -0.2) is 0 Å². The van der Waals surface area contributed by atoms with E-state index in [0.717, 1.165) is 26.1 Å². The highest BCUT2D eigenvalue weighted by Gasteiger charge is 2.38. The molecule has 2 nitrogen and oxygen atoms in total. The van der Waals surface area contributed by atoms with Gasteiger partial charge in [-0.15, -0.1) is 0 Å². The maximum Gasteiger partial charge on any atom is 0.224 e. The van der Waals surface area contributed by atoms with Crippen LogP contribution in [0.15, 0.2) is 24.3 Å². The predicted octanol–water partition coefficient (Wildman–Crippen LogP) is 6.48. The van der Waals surface area contributed by atoms with Crippen molar-refractivity contribution in [2.24, 2.45) is 0 Å². The van der Waals surface area contributed by atoms with Crippen molar-refractivity contribution >= 4 is 27.0 Å². The van der Waals surface area contributed by atoms with Crippen molar-refractivity contribution in [2.75, 3.05) is 13.2 Å². The van der Waals surface area contributed by atoms with Gasteiger partial charge in [0, 0.05) is 13.2 Å². The van der Waals surface area contributed by atoms with Crippen molar-refractivity contribution in [3.8, 4) is 0 Å². The molecule has 1 aromatic carbocycles. The van der Waals surface area contributed by atoms with Crippen LogP contribution in [-0.4, -0.2) is 29.8 Å². The van der Waals surface area contributed by atoms with Gasteiger partial charge in [0.05, 0.1) is 0 Å². The number of hydrogen-bond donors (Lipinski definition) is 0. The fraction of sp³-hybridized carbons (Fsp3) is 0.750. The molecule has 1 aromatic rings. The van der Waals surface area contributed by atoms with E-state index in [0.29, 0.717) is 0 Å².